The molecule has 0 amide bonds. The first-order valence-electron chi connectivity index (χ1n) is 5.12. The summed E-state index contributed by atoms with van der Waals surface area (Å²) in [4.78, 5) is 13.6. The van der Waals surface area contributed by atoms with E-state index in [1.807, 2.05) is 18.2 Å². The third kappa shape index (κ3) is 1.53. The summed E-state index contributed by atoms with van der Waals surface area (Å²) in [7, 11) is 0. The summed E-state index contributed by atoms with van der Waals surface area (Å²) in [6.07, 6.45) is 0.763. The smallest absolute Gasteiger partial charge is 0.408 e. The topological polar surface area (TPSA) is 96.1 Å². The summed E-state index contributed by atoms with van der Waals surface area (Å²) in [5.74, 6) is -0.429. The SMILES string of the molecule is NC1CC(c2ccc3[nH]c(=O)oc3c2)NN1. The Morgan fingerprint density at radius 3 is 3.00 bits per heavy atom. The fourth-order valence-electron chi connectivity index (χ4n) is 1.98. The number of H-pyrrole nitrogens is 1. The lowest BCUT2D eigenvalue weighted by molar-refractivity contribution is 0.546. The molecule has 1 saturated heterocycles. The second-order valence-electron chi connectivity index (χ2n) is 3.95. The maximum absolute atomic E-state index is 11.0. The van der Waals surface area contributed by atoms with Gasteiger partial charge in [0.05, 0.1) is 11.7 Å². The molecule has 16 heavy (non-hydrogen) atoms. The van der Waals surface area contributed by atoms with Crippen LogP contribution in [0.1, 0.15) is 18.0 Å². The van der Waals surface area contributed by atoms with Gasteiger partial charge < -0.3 is 10.2 Å². The first-order chi connectivity index (χ1) is 7.72. The van der Waals surface area contributed by atoms with Crippen molar-refractivity contribution in [3.8, 4) is 0 Å². The van der Waals surface area contributed by atoms with Gasteiger partial charge in [-0.25, -0.2) is 15.6 Å². The third-order valence-electron chi connectivity index (χ3n) is 2.78. The zero-order chi connectivity index (χ0) is 11.1. The minimum absolute atomic E-state index is 0.0427. The predicted molar refractivity (Wildman–Crippen MR) is 58.4 cm³/mol. The molecule has 0 radical (unpaired) electrons. The fourth-order valence-corrected chi connectivity index (χ4v) is 1.98. The van der Waals surface area contributed by atoms with Crippen molar-refractivity contribution >= 4 is 11.1 Å². The number of benzene rings is 1. The third-order valence-corrected chi connectivity index (χ3v) is 2.78. The zero-order valence-electron chi connectivity index (χ0n) is 8.49. The molecular formula is C10H12N4O2. The largest absolute Gasteiger partial charge is 0.417 e. The summed E-state index contributed by atoms with van der Waals surface area (Å²) in [5.41, 5.74) is 14.1. The molecule has 0 spiro atoms. The summed E-state index contributed by atoms with van der Waals surface area (Å²) >= 11 is 0. The van der Waals surface area contributed by atoms with E-state index in [9.17, 15) is 4.79 Å². The zero-order valence-corrected chi connectivity index (χ0v) is 8.49. The summed E-state index contributed by atoms with van der Waals surface area (Å²) in [6, 6.07) is 5.79. The van der Waals surface area contributed by atoms with Gasteiger partial charge in [0, 0.05) is 6.04 Å². The number of nitrogens with two attached hydrogens (primary N) is 1. The van der Waals surface area contributed by atoms with Crippen molar-refractivity contribution in [3.05, 3.63) is 34.3 Å². The van der Waals surface area contributed by atoms with E-state index in [2.05, 4.69) is 15.8 Å². The molecule has 1 aliphatic rings. The number of oxazole rings is 1. The van der Waals surface area contributed by atoms with E-state index >= 15 is 0 Å². The number of hydrogen-bond acceptors (Lipinski definition) is 5. The Kier molecular flexibility index (Phi) is 2.06. The first kappa shape index (κ1) is 9.59. The number of hydrazine groups is 1. The molecule has 0 aliphatic carbocycles. The molecule has 2 aromatic rings. The van der Waals surface area contributed by atoms with E-state index in [0.29, 0.717) is 11.1 Å². The van der Waals surface area contributed by atoms with Crippen molar-refractivity contribution in [2.75, 3.05) is 0 Å². The van der Waals surface area contributed by atoms with Crippen LogP contribution in [-0.2, 0) is 0 Å². The molecule has 1 aliphatic heterocycles. The van der Waals surface area contributed by atoms with Gasteiger partial charge in [-0.15, -0.1) is 0 Å². The Morgan fingerprint density at radius 1 is 1.38 bits per heavy atom. The molecule has 6 heteroatoms. The second kappa shape index (κ2) is 3.44. The number of rotatable bonds is 1. The van der Waals surface area contributed by atoms with Crippen LogP contribution in [0.2, 0.25) is 0 Å². The summed E-state index contributed by atoms with van der Waals surface area (Å²) in [6.45, 7) is 0. The normalized spacial score (nSPS) is 25.3. The van der Waals surface area contributed by atoms with Gasteiger partial charge in [-0.2, -0.15) is 0 Å². The van der Waals surface area contributed by atoms with Gasteiger partial charge in [0.1, 0.15) is 0 Å². The Labute approximate surface area is 90.8 Å². The Bertz CT molecular complexity index is 573. The van der Waals surface area contributed by atoms with Crippen LogP contribution >= 0.6 is 0 Å². The minimum Gasteiger partial charge on any atom is -0.408 e. The second-order valence-corrected chi connectivity index (χ2v) is 3.95. The van der Waals surface area contributed by atoms with Crippen molar-refractivity contribution < 1.29 is 4.42 Å². The van der Waals surface area contributed by atoms with E-state index in [0.717, 1.165) is 12.0 Å². The molecule has 2 heterocycles. The van der Waals surface area contributed by atoms with Gasteiger partial charge in [0.25, 0.3) is 0 Å². The van der Waals surface area contributed by atoms with Crippen LogP contribution in [0.5, 0.6) is 0 Å². The molecule has 3 rings (SSSR count). The molecule has 84 valence electrons. The van der Waals surface area contributed by atoms with E-state index in [1.54, 1.807) is 0 Å². The number of nitrogens with one attached hydrogen (secondary N) is 3. The lowest BCUT2D eigenvalue weighted by Gasteiger charge is -2.08. The average Bonchev–Trinajstić information content (AvgIpc) is 2.81. The van der Waals surface area contributed by atoms with Crippen LogP contribution in [0.4, 0.5) is 0 Å². The van der Waals surface area contributed by atoms with Crippen LogP contribution in [0.3, 0.4) is 0 Å². The predicted octanol–water partition coefficient (Wildman–Crippen LogP) is -0.0551. The maximum atomic E-state index is 11.0. The lowest BCUT2D eigenvalue weighted by atomic mass is 10.0. The Hall–Kier alpha value is -1.63. The molecule has 1 aromatic carbocycles. The highest BCUT2D eigenvalue weighted by Gasteiger charge is 2.22. The fraction of sp³-hybridized carbons (Fsp3) is 0.300. The number of fused-ring (bicyclic) bond motifs is 1. The average molecular weight is 220 g/mol. The molecule has 2 atom stereocenters. The summed E-state index contributed by atoms with van der Waals surface area (Å²) < 4.78 is 5.00. The van der Waals surface area contributed by atoms with Crippen LogP contribution < -0.4 is 22.3 Å². The molecule has 1 fully saturated rings. The molecule has 6 nitrogen and oxygen atoms in total. The highest BCUT2D eigenvalue weighted by Crippen LogP contribution is 2.23. The van der Waals surface area contributed by atoms with Crippen LogP contribution in [0, 0.1) is 0 Å². The summed E-state index contributed by atoms with van der Waals surface area (Å²) in [5, 5.41) is 0. The van der Waals surface area contributed by atoms with Gasteiger partial charge in [-0.05, 0) is 24.1 Å². The molecule has 5 N–H and O–H groups in total. The van der Waals surface area contributed by atoms with Gasteiger partial charge in [0.2, 0.25) is 0 Å². The standard InChI is InChI=1S/C10H12N4O2/c11-9-4-7(13-14-9)5-1-2-6-8(3-5)16-10(15)12-6/h1-3,7,9,13-14H,4,11H2,(H,12,15). The first-order valence-corrected chi connectivity index (χ1v) is 5.12. The van der Waals surface area contributed by atoms with Crippen molar-refractivity contribution in [2.24, 2.45) is 5.73 Å². The van der Waals surface area contributed by atoms with Crippen molar-refractivity contribution in [1.82, 2.24) is 15.8 Å². The van der Waals surface area contributed by atoms with Crippen LogP contribution in [0.25, 0.3) is 11.1 Å². The monoisotopic (exact) mass is 220 g/mol. The van der Waals surface area contributed by atoms with Crippen molar-refractivity contribution in [3.63, 3.8) is 0 Å². The minimum atomic E-state index is -0.429. The van der Waals surface area contributed by atoms with Crippen LogP contribution in [-0.4, -0.2) is 11.1 Å². The van der Waals surface area contributed by atoms with Crippen molar-refractivity contribution in [2.45, 2.75) is 18.6 Å². The van der Waals surface area contributed by atoms with E-state index in [1.165, 1.54) is 0 Å². The Morgan fingerprint density at radius 2 is 2.25 bits per heavy atom. The number of aromatic amines is 1. The molecule has 0 bridgehead atoms. The van der Waals surface area contributed by atoms with E-state index in [-0.39, 0.29) is 12.2 Å². The van der Waals surface area contributed by atoms with Crippen LogP contribution in [0.15, 0.2) is 27.4 Å². The quantitative estimate of drug-likeness (QED) is 0.540. The van der Waals surface area contributed by atoms with Gasteiger partial charge in [0.15, 0.2) is 5.58 Å². The Balaban J connectivity index is 2.01. The van der Waals surface area contributed by atoms with Gasteiger partial charge in [-0.1, -0.05) is 6.07 Å². The molecule has 0 saturated carbocycles. The highest BCUT2D eigenvalue weighted by molar-refractivity contribution is 5.72. The lowest BCUT2D eigenvalue weighted by Crippen LogP contribution is -2.36. The number of aromatic nitrogens is 1. The molecule has 1 aromatic heterocycles. The maximum Gasteiger partial charge on any atom is 0.417 e. The number of hydrogen-bond donors (Lipinski definition) is 4. The van der Waals surface area contributed by atoms with Gasteiger partial charge in [-0.3, -0.25) is 4.98 Å². The van der Waals surface area contributed by atoms with Crippen molar-refractivity contribution in [1.29, 1.82) is 0 Å². The molecular weight excluding hydrogens is 208 g/mol. The molecule has 2 unspecified atom stereocenters. The van der Waals surface area contributed by atoms with Gasteiger partial charge >= 0.3 is 5.76 Å². The van der Waals surface area contributed by atoms with E-state index in [4.69, 9.17) is 10.2 Å². The highest BCUT2D eigenvalue weighted by atomic mass is 16.4. The van der Waals surface area contributed by atoms with E-state index < -0.39 is 5.76 Å².